The van der Waals surface area contributed by atoms with Gasteiger partial charge >= 0.3 is 0 Å². The van der Waals surface area contributed by atoms with E-state index < -0.39 is 0 Å². The Kier molecular flexibility index (Phi) is 4.32. The topological polar surface area (TPSA) is 29.1 Å². The summed E-state index contributed by atoms with van der Waals surface area (Å²) >= 11 is 0. The molecule has 92 valence electrons. The number of Topliss-reactive ketones (excluding diaryl/α,β-unsaturated/α-hetero) is 1. The number of hydrogen-bond acceptors (Lipinski definition) is 2. The third-order valence-electron chi connectivity index (χ3n) is 3.66. The molecule has 1 saturated carbocycles. The number of carbonyl (C=O) groups excluding carboxylic acids is 1. The Morgan fingerprint density at radius 1 is 1.18 bits per heavy atom. The second-order valence-corrected chi connectivity index (χ2v) is 5.13. The van der Waals surface area contributed by atoms with Crippen molar-refractivity contribution in [2.75, 3.05) is 6.54 Å². The molecule has 0 heterocycles. The van der Waals surface area contributed by atoms with Gasteiger partial charge in [-0.2, -0.15) is 0 Å². The highest BCUT2D eigenvalue weighted by atomic mass is 16.1. The van der Waals surface area contributed by atoms with E-state index in [4.69, 9.17) is 0 Å². The third-order valence-corrected chi connectivity index (χ3v) is 3.66. The van der Waals surface area contributed by atoms with Gasteiger partial charge in [0.25, 0.3) is 0 Å². The Balaban J connectivity index is 1.77. The van der Waals surface area contributed by atoms with Crippen LogP contribution < -0.4 is 5.32 Å². The highest BCUT2D eigenvalue weighted by Gasteiger charge is 2.18. The molecule has 1 aliphatic rings. The van der Waals surface area contributed by atoms with E-state index >= 15 is 0 Å². The van der Waals surface area contributed by atoms with Gasteiger partial charge in [-0.25, -0.2) is 0 Å². The average molecular weight is 231 g/mol. The minimum absolute atomic E-state index is 0.198. The quantitative estimate of drug-likeness (QED) is 0.807. The zero-order valence-corrected chi connectivity index (χ0v) is 10.5. The maximum atomic E-state index is 11.9. The molecule has 0 radical (unpaired) electrons. The SMILES string of the molecule is CC1CCC(NCC(=O)c2ccccc2)CC1. The monoisotopic (exact) mass is 231 g/mol. The molecule has 2 rings (SSSR count). The van der Waals surface area contributed by atoms with Crippen LogP contribution in [0.1, 0.15) is 43.0 Å². The lowest BCUT2D eigenvalue weighted by Gasteiger charge is -2.26. The van der Waals surface area contributed by atoms with Crippen molar-refractivity contribution in [3.8, 4) is 0 Å². The Morgan fingerprint density at radius 3 is 2.47 bits per heavy atom. The van der Waals surface area contributed by atoms with E-state index in [2.05, 4.69) is 12.2 Å². The molecule has 0 saturated heterocycles. The van der Waals surface area contributed by atoms with Gasteiger partial charge in [0.2, 0.25) is 0 Å². The minimum atomic E-state index is 0.198. The van der Waals surface area contributed by atoms with Crippen LogP contribution in [0.25, 0.3) is 0 Å². The molecule has 1 N–H and O–H groups in total. The summed E-state index contributed by atoms with van der Waals surface area (Å²) in [7, 11) is 0. The molecule has 2 nitrogen and oxygen atoms in total. The third kappa shape index (κ3) is 3.67. The summed E-state index contributed by atoms with van der Waals surface area (Å²) in [6, 6.07) is 10.1. The predicted molar refractivity (Wildman–Crippen MR) is 70.2 cm³/mol. The maximum Gasteiger partial charge on any atom is 0.176 e. The van der Waals surface area contributed by atoms with Crippen LogP contribution in [0, 0.1) is 5.92 Å². The fraction of sp³-hybridized carbons (Fsp3) is 0.533. The smallest absolute Gasteiger partial charge is 0.176 e. The summed E-state index contributed by atoms with van der Waals surface area (Å²) in [5.41, 5.74) is 0.809. The van der Waals surface area contributed by atoms with Crippen LogP contribution in [-0.2, 0) is 0 Å². The van der Waals surface area contributed by atoms with Crippen molar-refractivity contribution in [3.05, 3.63) is 35.9 Å². The predicted octanol–water partition coefficient (Wildman–Crippen LogP) is 3.04. The van der Waals surface area contributed by atoms with Crippen LogP contribution in [0.2, 0.25) is 0 Å². The first kappa shape index (κ1) is 12.3. The van der Waals surface area contributed by atoms with Crippen molar-refractivity contribution in [2.24, 2.45) is 5.92 Å². The molecule has 1 fully saturated rings. The summed E-state index contributed by atoms with van der Waals surface area (Å²) in [6.07, 6.45) is 5.00. The summed E-state index contributed by atoms with van der Waals surface area (Å²) in [4.78, 5) is 11.9. The van der Waals surface area contributed by atoms with Gasteiger partial charge < -0.3 is 5.32 Å². The fourth-order valence-electron chi connectivity index (χ4n) is 2.43. The molecule has 0 unspecified atom stereocenters. The average Bonchev–Trinajstić information content (AvgIpc) is 2.39. The van der Waals surface area contributed by atoms with E-state index in [1.165, 1.54) is 25.7 Å². The molecule has 0 aliphatic heterocycles. The number of carbonyl (C=O) groups is 1. The highest BCUT2D eigenvalue weighted by Crippen LogP contribution is 2.23. The molecule has 0 aromatic heterocycles. The van der Waals surface area contributed by atoms with Crippen molar-refractivity contribution in [2.45, 2.75) is 38.6 Å². The summed E-state index contributed by atoms with van der Waals surface area (Å²) in [5, 5.41) is 3.39. The minimum Gasteiger partial charge on any atom is -0.307 e. The molecule has 1 aromatic rings. The second kappa shape index (κ2) is 5.97. The Hall–Kier alpha value is -1.15. The molecular weight excluding hydrogens is 210 g/mol. The first-order valence-corrected chi connectivity index (χ1v) is 6.57. The molecule has 0 atom stereocenters. The van der Waals surface area contributed by atoms with Gasteiger partial charge in [0.05, 0.1) is 6.54 Å². The van der Waals surface area contributed by atoms with E-state index in [9.17, 15) is 4.79 Å². The largest absolute Gasteiger partial charge is 0.307 e. The zero-order valence-electron chi connectivity index (χ0n) is 10.5. The highest BCUT2D eigenvalue weighted by molar-refractivity contribution is 5.97. The van der Waals surface area contributed by atoms with E-state index in [1.54, 1.807) is 0 Å². The van der Waals surface area contributed by atoms with Gasteiger partial charge in [0.15, 0.2) is 5.78 Å². The molecule has 1 aliphatic carbocycles. The summed E-state index contributed by atoms with van der Waals surface area (Å²) in [6.45, 7) is 2.79. The van der Waals surface area contributed by atoms with E-state index in [1.807, 2.05) is 30.3 Å². The first-order valence-electron chi connectivity index (χ1n) is 6.57. The van der Waals surface area contributed by atoms with Crippen molar-refractivity contribution in [1.29, 1.82) is 0 Å². The summed E-state index contributed by atoms with van der Waals surface area (Å²) in [5.74, 6) is 1.06. The number of nitrogens with one attached hydrogen (secondary N) is 1. The maximum absolute atomic E-state index is 11.9. The Morgan fingerprint density at radius 2 is 1.82 bits per heavy atom. The Labute approximate surface area is 103 Å². The molecule has 2 heteroatoms. The van der Waals surface area contributed by atoms with Crippen molar-refractivity contribution >= 4 is 5.78 Å². The van der Waals surface area contributed by atoms with Crippen LogP contribution in [-0.4, -0.2) is 18.4 Å². The fourth-order valence-corrected chi connectivity index (χ4v) is 2.43. The van der Waals surface area contributed by atoms with Crippen LogP contribution in [0.5, 0.6) is 0 Å². The number of rotatable bonds is 4. The van der Waals surface area contributed by atoms with Crippen LogP contribution >= 0.6 is 0 Å². The molecule has 1 aromatic carbocycles. The standard InChI is InChI=1S/C15H21NO/c1-12-7-9-14(10-8-12)16-11-15(17)13-5-3-2-4-6-13/h2-6,12,14,16H,7-11H2,1H3. The normalized spacial score (nSPS) is 24.5. The van der Waals surface area contributed by atoms with Gasteiger partial charge in [-0.15, -0.1) is 0 Å². The van der Waals surface area contributed by atoms with Gasteiger partial charge in [-0.3, -0.25) is 4.79 Å². The number of ketones is 1. The van der Waals surface area contributed by atoms with Crippen LogP contribution in [0.4, 0.5) is 0 Å². The Bertz CT molecular complexity index is 352. The van der Waals surface area contributed by atoms with E-state index in [0.717, 1.165) is 11.5 Å². The summed E-state index contributed by atoms with van der Waals surface area (Å²) < 4.78 is 0. The van der Waals surface area contributed by atoms with Crippen molar-refractivity contribution in [1.82, 2.24) is 5.32 Å². The second-order valence-electron chi connectivity index (χ2n) is 5.13. The first-order chi connectivity index (χ1) is 8.25. The van der Waals surface area contributed by atoms with E-state index in [0.29, 0.717) is 12.6 Å². The molecule has 0 bridgehead atoms. The van der Waals surface area contributed by atoms with Gasteiger partial charge in [0, 0.05) is 11.6 Å². The molecular formula is C15H21NO. The van der Waals surface area contributed by atoms with Crippen LogP contribution in [0.3, 0.4) is 0 Å². The van der Waals surface area contributed by atoms with Gasteiger partial charge in [0.1, 0.15) is 0 Å². The van der Waals surface area contributed by atoms with E-state index in [-0.39, 0.29) is 5.78 Å². The van der Waals surface area contributed by atoms with Gasteiger partial charge in [-0.1, -0.05) is 37.3 Å². The lowest BCUT2D eigenvalue weighted by molar-refractivity contribution is 0.0983. The van der Waals surface area contributed by atoms with Crippen LogP contribution in [0.15, 0.2) is 30.3 Å². The molecule has 0 spiro atoms. The van der Waals surface area contributed by atoms with Crippen molar-refractivity contribution < 1.29 is 4.79 Å². The lowest BCUT2D eigenvalue weighted by atomic mass is 9.87. The molecule has 0 amide bonds. The number of benzene rings is 1. The van der Waals surface area contributed by atoms with Gasteiger partial charge in [-0.05, 0) is 31.6 Å². The zero-order chi connectivity index (χ0) is 12.1. The van der Waals surface area contributed by atoms with Crippen molar-refractivity contribution in [3.63, 3.8) is 0 Å². The molecule has 17 heavy (non-hydrogen) atoms. The lowest BCUT2D eigenvalue weighted by Crippen LogP contribution is -2.36. The number of hydrogen-bond donors (Lipinski definition) is 1.